The van der Waals surface area contributed by atoms with Gasteiger partial charge >= 0.3 is 5.97 Å². The van der Waals surface area contributed by atoms with Crippen LogP contribution in [-0.4, -0.2) is 42.8 Å². The molecular weight excluding hydrogens is 260 g/mol. The Kier molecular flexibility index (Phi) is 4.70. The first-order valence-electron chi connectivity index (χ1n) is 6.47. The molecule has 0 aromatic heterocycles. The minimum atomic E-state index is -0.926. The molecule has 0 saturated carbocycles. The van der Waals surface area contributed by atoms with E-state index in [2.05, 4.69) is 10.6 Å². The number of carbonyl (C=O) groups is 2. The molecule has 1 aliphatic rings. The van der Waals surface area contributed by atoms with Crippen molar-refractivity contribution < 1.29 is 19.4 Å². The van der Waals surface area contributed by atoms with Crippen LogP contribution in [-0.2, 0) is 20.7 Å². The number of rotatable bonds is 5. The lowest BCUT2D eigenvalue weighted by Gasteiger charge is -2.13. The largest absolute Gasteiger partial charge is 0.481 e. The minimum absolute atomic E-state index is 0.0417. The van der Waals surface area contributed by atoms with Crippen molar-refractivity contribution in [2.45, 2.75) is 25.0 Å². The summed E-state index contributed by atoms with van der Waals surface area (Å²) < 4.78 is 5.20. The quantitative estimate of drug-likeness (QED) is 0.735. The highest BCUT2D eigenvalue weighted by Gasteiger charge is 2.29. The molecule has 2 atom stereocenters. The Labute approximate surface area is 117 Å². The number of carboxylic acids is 1. The van der Waals surface area contributed by atoms with Gasteiger partial charge < -0.3 is 20.5 Å². The van der Waals surface area contributed by atoms with Gasteiger partial charge in [-0.3, -0.25) is 9.59 Å². The van der Waals surface area contributed by atoms with Crippen molar-refractivity contribution in [2.75, 3.05) is 19.0 Å². The van der Waals surface area contributed by atoms with Crippen LogP contribution in [0.3, 0.4) is 0 Å². The zero-order valence-electron chi connectivity index (χ0n) is 11.3. The Bertz CT molecular complexity index is 504. The third-order valence-electron chi connectivity index (χ3n) is 3.36. The number of methoxy groups -OCH3 is 1. The molecule has 20 heavy (non-hydrogen) atoms. The lowest BCUT2D eigenvalue weighted by molar-refractivity contribution is -0.136. The van der Waals surface area contributed by atoms with E-state index in [1.54, 1.807) is 31.4 Å². The van der Waals surface area contributed by atoms with Crippen molar-refractivity contribution in [3.63, 3.8) is 0 Å². The number of carboxylic acid groups (broad SMARTS) is 1. The Balaban J connectivity index is 2.03. The molecular formula is C14H18N2O4. The van der Waals surface area contributed by atoms with Crippen molar-refractivity contribution in [3.8, 4) is 0 Å². The van der Waals surface area contributed by atoms with Gasteiger partial charge in [0.1, 0.15) is 0 Å². The standard InChI is InChI=1S/C14H18N2O4/c1-20-10-7-12(15-8-10)14(19)16-11-5-3-2-4-9(11)6-13(17)18/h2-5,10,12,15H,6-8H2,1H3,(H,16,19)(H,17,18). The lowest BCUT2D eigenvalue weighted by Crippen LogP contribution is -2.35. The van der Waals surface area contributed by atoms with Crippen LogP contribution in [0.15, 0.2) is 24.3 Å². The maximum atomic E-state index is 12.1. The predicted octanol–water partition coefficient (Wildman–Crippen LogP) is 0.629. The molecule has 6 heteroatoms. The zero-order valence-corrected chi connectivity index (χ0v) is 11.3. The van der Waals surface area contributed by atoms with Crippen LogP contribution in [0, 0.1) is 0 Å². The maximum absolute atomic E-state index is 12.1. The first kappa shape index (κ1) is 14.5. The van der Waals surface area contributed by atoms with Gasteiger partial charge in [-0.05, 0) is 18.1 Å². The number of aliphatic carboxylic acids is 1. The van der Waals surface area contributed by atoms with E-state index in [1.807, 2.05) is 0 Å². The molecule has 1 aliphatic heterocycles. The highest BCUT2D eigenvalue weighted by Crippen LogP contribution is 2.18. The van der Waals surface area contributed by atoms with E-state index in [0.717, 1.165) is 0 Å². The van der Waals surface area contributed by atoms with Crippen LogP contribution in [0.5, 0.6) is 0 Å². The second-order valence-corrected chi connectivity index (χ2v) is 4.77. The molecule has 1 saturated heterocycles. The summed E-state index contributed by atoms with van der Waals surface area (Å²) in [6.07, 6.45) is 0.540. The van der Waals surface area contributed by atoms with Crippen LogP contribution in [0.4, 0.5) is 5.69 Å². The fraction of sp³-hybridized carbons (Fsp3) is 0.429. The molecule has 108 valence electrons. The second-order valence-electron chi connectivity index (χ2n) is 4.77. The summed E-state index contributed by atoms with van der Waals surface area (Å²) in [6.45, 7) is 0.644. The number of nitrogens with one attached hydrogen (secondary N) is 2. The van der Waals surface area contributed by atoms with E-state index in [0.29, 0.717) is 24.2 Å². The Morgan fingerprint density at radius 1 is 1.45 bits per heavy atom. The molecule has 2 unspecified atom stereocenters. The van der Waals surface area contributed by atoms with Crippen LogP contribution < -0.4 is 10.6 Å². The molecule has 0 spiro atoms. The molecule has 0 bridgehead atoms. The fourth-order valence-electron chi connectivity index (χ4n) is 2.26. The van der Waals surface area contributed by atoms with Crippen molar-refractivity contribution in [2.24, 2.45) is 0 Å². The zero-order chi connectivity index (χ0) is 14.5. The molecule has 1 amide bonds. The average molecular weight is 278 g/mol. The van der Waals surface area contributed by atoms with E-state index in [4.69, 9.17) is 9.84 Å². The first-order valence-corrected chi connectivity index (χ1v) is 6.47. The Morgan fingerprint density at radius 2 is 2.20 bits per heavy atom. The van der Waals surface area contributed by atoms with Gasteiger partial charge in [0.2, 0.25) is 5.91 Å². The van der Waals surface area contributed by atoms with E-state index in [9.17, 15) is 9.59 Å². The molecule has 1 aromatic rings. The number of benzene rings is 1. The molecule has 1 heterocycles. The molecule has 6 nitrogen and oxygen atoms in total. The van der Waals surface area contributed by atoms with Gasteiger partial charge in [0.05, 0.1) is 18.6 Å². The number of carbonyl (C=O) groups excluding carboxylic acids is 1. The third kappa shape index (κ3) is 3.55. The topological polar surface area (TPSA) is 87.7 Å². The first-order chi connectivity index (χ1) is 9.60. The average Bonchev–Trinajstić information content (AvgIpc) is 2.89. The molecule has 0 radical (unpaired) electrons. The van der Waals surface area contributed by atoms with Gasteiger partial charge in [0, 0.05) is 19.3 Å². The van der Waals surface area contributed by atoms with Crippen LogP contribution in [0.2, 0.25) is 0 Å². The van der Waals surface area contributed by atoms with Crippen molar-refractivity contribution in [3.05, 3.63) is 29.8 Å². The van der Waals surface area contributed by atoms with Gasteiger partial charge in [0.25, 0.3) is 0 Å². The maximum Gasteiger partial charge on any atom is 0.307 e. The Morgan fingerprint density at radius 3 is 2.85 bits per heavy atom. The van der Waals surface area contributed by atoms with Crippen molar-refractivity contribution >= 4 is 17.6 Å². The summed E-state index contributed by atoms with van der Waals surface area (Å²) in [4.78, 5) is 22.9. The van der Waals surface area contributed by atoms with Crippen molar-refractivity contribution in [1.82, 2.24) is 5.32 Å². The van der Waals surface area contributed by atoms with Crippen LogP contribution in [0.1, 0.15) is 12.0 Å². The van der Waals surface area contributed by atoms with E-state index in [-0.39, 0.29) is 24.5 Å². The summed E-state index contributed by atoms with van der Waals surface area (Å²) in [5, 5.41) is 14.7. The smallest absolute Gasteiger partial charge is 0.307 e. The van der Waals surface area contributed by atoms with E-state index in [1.165, 1.54) is 0 Å². The number of para-hydroxylation sites is 1. The van der Waals surface area contributed by atoms with Crippen LogP contribution >= 0.6 is 0 Å². The monoisotopic (exact) mass is 278 g/mol. The van der Waals surface area contributed by atoms with Gasteiger partial charge in [-0.25, -0.2) is 0 Å². The number of hydrogen-bond donors (Lipinski definition) is 3. The molecule has 2 rings (SSSR count). The van der Waals surface area contributed by atoms with Gasteiger partial charge in [0.15, 0.2) is 0 Å². The number of anilines is 1. The minimum Gasteiger partial charge on any atom is -0.481 e. The van der Waals surface area contributed by atoms with E-state index >= 15 is 0 Å². The predicted molar refractivity (Wildman–Crippen MR) is 73.6 cm³/mol. The van der Waals surface area contributed by atoms with Gasteiger partial charge in [-0.2, -0.15) is 0 Å². The van der Waals surface area contributed by atoms with Crippen LogP contribution in [0.25, 0.3) is 0 Å². The summed E-state index contributed by atoms with van der Waals surface area (Å²) in [6, 6.07) is 6.62. The Hall–Kier alpha value is -1.92. The third-order valence-corrected chi connectivity index (χ3v) is 3.36. The van der Waals surface area contributed by atoms with Gasteiger partial charge in [-0.1, -0.05) is 18.2 Å². The summed E-state index contributed by atoms with van der Waals surface area (Å²) in [7, 11) is 1.62. The molecule has 1 aromatic carbocycles. The number of amides is 1. The number of ether oxygens (including phenoxy) is 1. The summed E-state index contributed by atoms with van der Waals surface area (Å²) in [5.74, 6) is -1.09. The summed E-state index contributed by atoms with van der Waals surface area (Å²) >= 11 is 0. The van der Waals surface area contributed by atoms with Crippen molar-refractivity contribution in [1.29, 1.82) is 0 Å². The molecule has 3 N–H and O–H groups in total. The van der Waals surface area contributed by atoms with Gasteiger partial charge in [-0.15, -0.1) is 0 Å². The lowest BCUT2D eigenvalue weighted by atomic mass is 10.1. The molecule has 1 fully saturated rings. The normalized spacial score (nSPS) is 21.6. The highest BCUT2D eigenvalue weighted by molar-refractivity contribution is 5.96. The second kappa shape index (κ2) is 6.49. The SMILES string of the molecule is COC1CNC(C(=O)Nc2ccccc2CC(=O)O)C1. The molecule has 0 aliphatic carbocycles. The fourth-order valence-corrected chi connectivity index (χ4v) is 2.26. The highest BCUT2D eigenvalue weighted by atomic mass is 16.5. The van der Waals surface area contributed by atoms with E-state index < -0.39 is 5.97 Å². The number of hydrogen-bond acceptors (Lipinski definition) is 4. The summed E-state index contributed by atoms with van der Waals surface area (Å²) in [5.41, 5.74) is 1.14.